The van der Waals surface area contributed by atoms with Crippen LogP contribution < -0.4 is 10.1 Å². The zero-order valence-corrected chi connectivity index (χ0v) is 17.3. The van der Waals surface area contributed by atoms with Crippen molar-refractivity contribution in [2.75, 3.05) is 53.5 Å². The number of nitrogens with one attached hydrogen (secondary N) is 1. The van der Waals surface area contributed by atoms with E-state index >= 15 is 0 Å². The lowest BCUT2D eigenvalue weighted by molar-refractivity contribution is -0.141. The molecule has 1 aromatic rings. The molecule has 1 aliphatic heterocycles. The topological polar surface area (TPSA) is 71.1 Å². The molecule has 1 saturated heterocycles. The van der Waals surface area contributed by atoms with Gasteiger partial charge in [-0.25, -0.2) is 4.79 Å². The molecular weight excluding hydrogens is 358 g/mol. The molecule has 1 heterocycles. The maximum atomic E-state index is 12.2. The van der Waals surface area contributed by atoms with Crippen molar-refractivity contribution in [2.45, 2.75) is 26.2 Å². The van der Waals surface area contributed by atoms with Crippen LogP contribution in [0.2, 0.25) is 0 Å². The minimum Gasteiger partial charge on any atom is -0.497 e. The van der Waals surface area contributed by atoms with Crippen molar-refractivity contribution in [3.05, 3.63) is 29.8 Å². The highest BCUT2D eigenvalue weighted by atomic mass is 16.5. The van der Waals surface area contributed by atoms with Crippen LogP contribution in [-0.4, -0.2) is 75.3 Å². The van der Waals surface area contributed by atoms with Gasteiger partial charge in [0.2, 0.25) is 0 Å². The summed E-state index contributed by atoms with van der Waals surface area (Å²) in [5.41, 5.74) is 1.30. The molecule has 0 spiro atoms. The number of methoxy groups -OCH3 is 1. The molecule has 1 atom stereocenters. The summed E-state index contributed by atoms with van der Waals surface area (Å²) in [4.78, 5) is 27.7. The van der Waals surface area contributed by atoms with Crippen LogP contribution >= 0.6 is 0 Å². The largest absolute Gasteiger partial charge is 0.497 e. The average molecular weight is 392 g/mol. The van der Waals surface area contributed by atoms with Gasteiger partial charge in [-0.1, -0.05) is 12.1 Å². The third-order valence-corrected chi connectivity index (χ3v) is 5.05. The zero-order valence-electron chi connectivity index (χ0n) is 17.3. The van der Waals surface area contributed by atoms with Gasteiger partial charge in [-0.2, -0.15) is 0 Å². The number of carbonyl (C=O) groups is 2. The molecular formula is C21H33N3O4. The van der Waals surface area contributed by atoms with Gasteiger partial charge in [0.1, 0.15) is 12.3 Å². The number of rotatable bonds is 9. The van der Waals surface area contributed by atoms with Gasteiger partial charge in [0.05, 0.1) is 13.7 Å². The molecule has 1 aliphatic rings. The van der Waals surface area contributed by atoms with E-state index < -0.39 is 5.97 Å². The van der Waals surface area contributed by atoms with E-state index in [0.29, 0.717) is 19.1 Å². The number of likely N-dealkylation sites (tertiary alicyclic amines) is 1. The van der Waals surface area contributed by atoms with Crippen molar-refractivity contribution in [1.29, 1.82) is 0 Å². The number of piperidine rings is 1. The fourth-order valence-corrected chi connectivity index (χ4v) is 3.55. The lowest BCUT2D eigenvalue weighted by Crippen LogP contribution is -2.45. The summed E-state index contributed by atoms with van der Waals surface area (Å²) in [6, 6.07) is 7.99. The second-order valence-electron chi connectivity index (χ2n) is 7.25. The average Bonchev–Trinajstić information content (AvgIpc) is 2.71. The van der Waals surface area contributed by atoms with E-state index in [1.807, 2.05) is 12.1 Å². The monoisotopic (exact) mass is 391 g/mol. The van der Waals surface area contributed by atoms with Gasteiger partial charge in [-0.05, 0) is 56.3 Å². The Balaban J connectivity index is 1.72. The molecule has 0 aliphatic carbocycles. The summed E-state index contributed by atoms with van der Waals surface area (Å²) in [5.74, 6) is 0.917. The number of benzene rings is 1. The van der Waals surface area contributed by atoms with E-state index in [1.165, 1.54) is 5.56 Å². The number of nitrogens with zero attached hydrogens (tertiary/aromatic N) is 2. The molecule has 0 saturated carbocycles. The molecule has 2 rings (SSSR count). The van der Waals surface area contributed by atoms with Crippen LogP contribution in [0.25, 0.3) is 0 Å². The molecule has 7 nitrogen and oxygen atoms in total. The van der Waals surface area contributed by atoms with Gasteiger partial charge in [0.15, 0.2) is 0 Å². The summed E-state index contributed by atoms with van der Waals surface area (Å²) >= 11 is 0. The Morgan fingerprint density at radius 3 is 2.71 bits per heavy atom. The molecule has 156 valence electrons. The third-order valence-electron chi connectivity index (χ3n) is 5.05. The number of urea groups is 1. The number of hydrogen-bond donors (Lipinski definition) is 1. The predicted molar refractivity (Wildman–Crippen MR) is 109 cm³/mol. The van der Waals surface area contributed by atoms with Crippen molar-refractivity contribution in [3.8, 4) is 5.75 Å². The van der Waals surface area contributed by atoms with Gasteiger partial charge in [0.25, 0.3) is 0 Å². The maximum Gasteiger partial charge on any atom is 0.325 e. The van der Waals surface area contributed by atoms with Crippen molar-refractivity contribution < 1.29 is 19.1 Å². The van der Waals surface area contributed by atoms with Crippen molar-refractivity contribution in [3.63, 3.8) is 0 Å². The van der Waals surface area contributed by atoms with Crippen LogP contribution in [-0.2, 0) is 16.0 Å². The second-order valence-corrected chi connectivity index (χ2v) is 7.25. The second kappa shape index (κ2) is 11.5. The molecule has 2 amide bonds. The fraction of sp³-hybridized carbons (Fsp3) is 0.619. The van der Waals surface area contributed by atoms with E-state index in [-0.39, 0.29) is 12.6 Å². The van der Waals surface area contributed by atoms with E-state index in [4.69, 9.17) is 9.47 Å². The van der Waals surface area contributed by atoms with Gasteiger partial charge in [-0.3, -0.25) is 4.79 Å². The van der Waals surface area contributed by atoms with E-state index in [9.17, 15) is 9.59 Å². The normalized spacial score (nSPS) is 17.0. The molecule has 1 unspecified atom stereocenters. The molecule has 0 radical (unpaired) electrons. The maximum absolute atomic E-state index is 12.2. The minimum atomic E-state index is -0.411. The Morgan fingerprint density at radius 1 is 1.29 bits per heavy atom. The molecule has 1 fully saturated rings. The lowest BCUT2D eigenvalue weighted by atomic mass is 9.97. The zero-order chi connectivity index (χ0) is 20.4. The standard InChI is InChI=1S/C21H33N3O4/c1-4-28-20(25)14-22-21(26)23(2)15-18-6-5-12-24(16-18)13-11-17-7-9-19(27-3)10-8-17/h7-10,18H,4-6,11-16H2,1-3H3,(H,22,26). The van der Waals surface area contributed by atoms with E-state index in [0.717, 1.165) is 44.6 Å². The van der Waals surface area contributed by atoms with Crippen LogP contribution in [0, 0.1) is 5.92 Å². The van der Waals surface area contributed by atoms with Crippen LogP contribution in [0.1, 0.15) is 25.3 Å². The number of carbonyl (C=O) groups excluding carboxylic acids is 2. The highest BCUT2D eigenvalue weighted by Crippen LogP contribution is 2.18. The number of ether oxygens (including phenoxy) is 2. The molecule has 7 heteroatoms. The summed E-state index contributed by atoms with van der Waals surface area (Å²) in [6.45, 7) is 5.77. The Kier molecular flexibility index (Phi) is 9.07. The summed E-state index contributed by atoms with van der Waals surface area (Å²) in [6.07, 6.45) is 3.27. The predicted octanol–water partition coefficient (Wildman–Crippen LogP) is 2.15. The molecule has 1 N–H and O–H groups in total. The fourth-order valence-electron chi connectivity index (χ4n) is 3.55. The van der Waals surface area contributed by atoms with Crippen LogP contribution in [0.15, 0.2) is 24.3 Å². The first-order chi connectivity index (χ1) is 13.5. The SMILES string of the molecule is CCOC(=O)CNC(=O)N(C)CC1CCCN(CCc2ccc(OC)cc2)C1. The van der Waals surface area contributed by atoms with Crippen molar-refractivity contribution in [1.82, 2.24) is 15.1 Å². The van der Waals surface area contributed by atoms with Crippen molar-refractivity contribution in [2.24, 2.45) is 5.92 Å². The van der Waals surface area contributed by atoms with Crippen LogP contribution in [0.4, 0.5) is 4.79 Å². The van der Waals surface area contributed by atoms with E-state index in [1.54, 1.807) is 26.0 Å². The Hall–Kier alpha value is -2.28. The first kappa shape index (κ1) is 22.0. The Labute approximate surface area is 168 Å². The van der Waals surface area contributed by atoms with Gasteiger partial charge in [-0.15, -0.1) is 0 Å². The van der Waals surface area contributed by atoms with Crippen molar-refractivity contribution >= 4 is 12.0 Å². The van der Waals surface area contributed by atoms with Gasteiger partial charge in [0, 0.05) is 26.7 Å². The lowest BCUT2D eigenvalue weighted by Gasteiger charge is -2.34. The van der Waals surface area contributed by atoms with Gasteiger partial charge < -0.3 is 24.6 Å². The summed E-state index contributed by atoms with van der Waals surface area (Å²) in [5, 5.41) is 2.61. The smallest absolute Gasteiger partial charge is 0.325 e. The van der Waals surface area contributed by atoms with Crippen LogP contribution in [0.5, 0.6) is 5.75 Å². The highest BCUT2D eigenvalue weighted by Gasteiger charge is 2.22. The molecule has 1 aromatic carbocycles. The summed E-state index contributed by atoms with van der Waals surface area (Å²) in [7, 11) is 3.45. The van der Waals surface area contributed by atoms with E-state index in [2.05, 4.69) is 22.3 Å². The number of esters is 1. The quantitative estimate of drug-likeness (QED) is 0.653. The summed E-state index contributed by atoms with van der Waals surface area (Å²) < 4.78 is 10.0. The van der Waals surface area contributed by atoms with Crippen LogP contribution in [0.3, 0.4) is 0 Å². The number of hydrogen-bond acceptors (Lipinski definition) is 5. The first-order valence-electron chi connectivity index (χ1n) is 10.0. The third kappa shape index (κ3) is 7.38. The van der Waals surface area contributed by atoms with Gasteiger partial charge >= 0.3 is 12.0 Å². The highest BCUT2D eigenvalue weighted by molar-refractivity contribution is 5.80. The minimum absolute atomic E-state index is 0.0876. The first-order valence-corrected chi connectivity index (χ1v) is 10.0. The molecule has 0 bridgehead atoms. The number of amides is 2. The Bertz CT molecular complexity index is 621. The molecule has 28 heavy (non-hydrogen) atoms. The molecule has 0 aromatic heterocycles. The Morgan fingerprint density at radius 2 is 2.04 bits per heavy atom.